The van der Waals surface area contributed by atoms with E-state index in [9.17, 15) is 23.1 Å². The molecule has 0 radical (unpaired) electrons. The Bertz CT molecular complexity index is 837. The summed E-state index contributed by atoms with van der Waals surface area (Å²) in [6.07, 6.45) is -3.07. The normalized spacial score (nSPS) is 26.9. The Kier molecular flexibility index (Phi) is 5.93. The second kappa shape index (κ2) is 7.87. The fourth-order valence-corrected chi connectivity index (χ4v) is 4.38. The van der Waals surface area contributed by atoms with Crippen LogP contribution < -0.4 is 4.74 Å². The third-order valence-electron chi connectivity index (χ3n) is 6.82. The molecular formula is C22H29F3N2O3. The highest BCUT2D eigenvalue weighted by Crippen LogP contribution is 2.52. The van der Waals surface area contributed by atoms with Crippen molar-refractivity contribution in [2.75, 3.05) is 6.61 Å². The van der Waals surface area contributed by atoms with Gasteiger partial charge in [-0.05, 0) is 49.1 Å². The molecule has 0 bridgehead atoms. The van der Waals surface area contributed by atoms with Gasteiger partial charge in [-0.3, -0.25) is 4.79 Å². The number of hydrogen-bond acceptors (Lipinski definition) is 4. The number of aliphatic hydroxyl groups is 1. The molecule has 3 atom stereocenters. The van der Waals surface area contributed by atoms with E-state index >= 15 is 0 Å². The number of hydrazone groups is 1. The molecule has 0 spiro atoms. The summed E-state index contributed by atoms with van der Waals surface area (Å²) in [4.78, 5) is 12.7. The van der Waals surface area contributed by atoms with Crippen LogP contribution in [0.15, 0.2) is 29.4 Å². The standard InChI is InChI=1S/C22H29F3N2O3/c1-5-20(3,4)15-10-11-17-16(12-15)21(29,22(23,24)25)27(26-17)19(28)13-30-18-9-7-6-8-14(18)2/h6-9,15-16,29H,5,10-13H2,1-4H3/t15-,16+,21+/m1/s1. The van der Waals surface area contributed by atoms with Crippen molar-refractivity contribution in [3.8, 4) is 5.75 Å². The molecule has 1 heterocycles. The monoisotopic (exact) mass is 426 g/mol. The van der Waals surface area contributed by atoms with E-state index in [4.69, 9.17) is 4.74 Å². The van der Waals surface area contributed by atoms with E-state index in [1.165, 1.54) is 0 Å². The van der Waals surface area contributed by atoms with Crippen LogP contribution in [0.2, 0.25) is 0 Å². The first-order valence-corrected chi connectivity index (χ1v) is 10.3. The van der Waals surface area contributed by atoms with Gasteiger partial charge in [-0.15, -0.1) is 0 Å². The number of rotatable bonds is 5. The number of carbonyl (C=O) groups is 1. The predicted molar refractivity (Wildman–Crippen MR) is 107 cm³/mol. The van der Waals surface area contributed by atoms with Gasteiger partial charge in [-0.25, -0.2) is 0 Å². The topological polar surface area (TPSA) is 62.1 Å². The molecule has 1 aliphatic carbocycles. The zero-order valence-electron chi connectivity index (χ0n) is 17.8. The quantitative estimate of drug-likeness (QED) is 0.744. The van der Waals surface area contributed by atoms with Crippen molar-refractivity contribution in [2.45, 2.75) is 65.3 Å². The third kappa shape index (κ3) is 3.82. The van der Waals surface area contributed by atoms with Crippen LogP contribution in [0.5, 0.6) is 5.75 Å². The molecule has 1 saturated carbocycles. The first kappa shape index (κ1) is 22.6. The molecule has 30 heavy (non-hydrogen) atoms. The third-order valence-corrected chi connectivity index (χ3v) is 6.82. The molecule has 1 fully saturated rings. The summed E-state index contributed by atoms with van der Waals surface area (Å²) >= 11 is 0. The number of benzene rings is 1. The Morgan fingerprint density at radius 2 is 2.00 bits per heavy atom. The highest BCUT2D eigenvalue weighted by molar-refractivity contribution is 5.93. The highest BCUT2D eigenvalue weighted by Gasteiger charge is 2.69. The van der Waals surface area contributed by atoms with Crippen LogP contribution in [0.3, 0.4) is 0 Å². The predicted octanol–water partition coefficient (Wildman–Crippen LogP) is 4.68. The minimum Gasteiger partial charge on any atom is -0.483 e. The summed E-state index contributed by atoms with van der Waals surface area (Å²) in [6, 6.07) is 6.90. The van der Waals surface area contributed by atoms with Crippen LogP contribution in [0.4, 0.5) is 13.2 Å². The first-order valence-electron chi connectivity index (χ1n) is 10.3. The Morgan fingerprint density at radius 3 is 2.60 bits per heavy atom. The summed E-state index contributed by atoms with van der Waals surface area (Å²) in [5.41, 5.74) is -2.52. The number of halogens is 3. The molecule has 2 aliphatic rings. The van der Waals surface area contributed by atoms with E-state index in [2.05, 4.69) is 5.10 Å². The van der Waals surface area contributed by atoms with Crippen molar-refractivity contribution in [3.63, 3.8) is 0 Å². The molecule has 1 amide bonds. The largest absolute Gasteiger partial charge is 0.483 e. The lowest BCUT2D eigenvalue weighted by molar-refractivity contribution is -0.318. The highest BCUT2D eigenvalue weighted by atomic mass is 19.4. The number of para-hydroxylation sites is 1. The first-order chi connectivity index (χ1) is 13.9. The average Bonchev–Trinajstić information content (AvgIpc) is 3.00. The zero-order chi connectivity index (χ0) is 22.3. The number of ether oxygens (including phenoxy) is 1. The summed E-state index contributed by atoms with van der Waals surface area (Å²) in [5.74, 6) is -1.88. The smallest absolute Gasteiger partial charge is 0.439 e. The molecule has 0 saturated heterocycles. The van der Waals surface area contributed by atoms with Crippen molar-refractivity contribution in [1.82, 2.24) is 5.01 Å². The van der Waals surface area contributed by atoms with Gasteiger partial charge in [0.25, 0.3) is 11.6 Å². The maximum absolute atomic E-state index is 14.1. The summed E-state index contributed by atoms with van der Waals surface area (Å²) in [7, 11) is 0. The van der Waals surface area contributed by atoms with E-state index in [-0.39, 0.29) is 28.5 Å². The number of fused-ring (bicyclic) bond motifs is 1. The molecule has 0 unspecified atom stereocenters. The van der Waals surface area contributed by atoms with Gasteiger partial charge >= 0.3 is 6.18 Å². The molecular weight excluding hydrogens is 397 g/mol. The van der Waals surface area contributed by atoms with Crippen LogP contribution in [0.1, 0.15) is 52.0 Å². The molecule has 3 rings (SSSR count). The number of amides is 1. The molecule has 0 aromatic heterocycles. The molecule has 1 aliphatic heterocycles. The van der Waals surface area contributed by atoms with Gasteiger partial charge in [0.05, 0.1) is 5.92 Å². The lowest BCUT2D eigenvalue weighted by Gasteiger charge is -2.43. The van der Waals surface area contributed by atoms with Gasteiger partial charge in [0.1, 0.15) is 5.75 Å². The van der Waals surface area contributed by atoms with Gasteiger partial charge < -0.3 is 9.84 Å². The van der Waals surface area contributed by atoms with Crippen LogP contribution in [-0.2, 0) is 4.79 Å². The Morgan fingerprint density at radius 1 is 1.33 bits per heavy atom. The Labute approximate surface area is 174 Å². The average molecular weight is 426 g/mol. The number of carbonyl (C=O) groups excluding carboxylic acids is 1. The second-order valence-corrected chi connectivity index (χ2v) is 8.94. The minimum absolute atomic E-state index is 0.00130. The van der Waals surface area contributed by atoms with Crippen LogP contribution in [-0.4, -0.2) is 40.2 Å². The zero-order valence-corrected chi connectivity index (χ0v) is 17.8. The summed E-state index contributed by atoms with van der Waals surface area (Å²) < 4.78 is 47.7. The van der Waals surface area contributed by atoms with Gasteiger partial charge in [0, 0.05) is 5.71 Å². The molecule has 8 heteroatoms. The number of nitrogens with zero attached hydrogens (tertiary/aromatic N) is 2. The van der Waals surface area contributed by atoms with Crippen molar-refractivity contribution in [2.24, 2.45) is 22.4 Å². The van der Waals surface area contributed by atoms with Crippen molar-refractivity contribution in [1.29, 1.82) is 0 Å². The maximum atomic E-state index is 14.1. The summed E-state index contributed by atoms with van der Waals surface area (Å²) in [5, 5.41) is 15.0. The molecule has 1 aromatic rings. The van der Waals surface area contributed by atoms with Crippen molar-refractivity contribution >= 4 is 11.6 Å². The lowest BCUT2D eigenvalue weighted by atomic mass is 9.64. The van der Waals surface area contributed by atoms with E-state index in [0.717, 1.165) is 12.0 Å². The molecule has 5 nitrogen and oxygen atoms in total. The number of aryl methyl sites for hydroxylation is 1. The van der Waals surface area contributed by atoms with Gasteiger partial charge in [-0.2, -0.15) is 23.3 Å². The lowest BCUT2D eigenvalue weighted by Crippen LogP contribution is -2.62. The van der Waals surface area contributed by atoms with Crippen molar-refractivity contribution in [3.05, 3.63) is 29.8 Å². The molecule has 1 aromatic carbocycles. The van der Waals surface area contributed by atoms with Gasteiger partial charge in [-0.1, -0.05) is 45.4 Å². The number of alkyl halides is 3. The Balaban J connectivity index is 1.85. The van der Waals surface area contributed by atoms with E-state index in [1.807, 2.05) is 20.8 Å². The Hall–Kier alpha value is -2.09. The van der Waals surface area contributed by atoms with E-state index in [0.29, 0.717) is 18.6 Å². The second-order valence-electron chi connectivity index (χ2n) is 8.94. The van der Waals surface area contributed by atoms with E-state index < -0.39 is 30.3 Å². The van der Waals surface area contributed by atoms with Gasteiger partial charge in [0.2, 0.25) is 0 Å². The molecule has 1 N–H and O–H groups in total. The fourth-order valence-electron chi connectivity index (χ4n) is 4.38. The summed E-state index contributed by atoms with van der Waals surface area (Å²) in [6.45, 7) is 7.19. The minimum atomic E-state index is -5.04. The fraction of sp³-hybridized carbons (Fsp3) is 0.636. The SMILES string of the molecule is CCC(C)(C)[C@@H]1CCC2=NN(C(=O)COc3ccccc3C)[C@@](O)(C(F)(F)F)[C@H]2C1. The maximum Gasteiger partial charge on any atom is 0.439 e. The van der Waals surface area contributed by atoms with E-state index in [1.54, 1.807) is 31.2 Å². The van der Waals surface area contributed by atoms with Crippen LogP contribution in [0, 0.1) is 24.2 Å². The van der Waals surface area contributed by atoms with Crippen LogP contribution >= 0.6 is 0 Å². The molecule has 166 valence electrons. The van der Waals surface area contributed by atoms with Crippen LogP contribution in [0.25, 0.3) is 0 Å². The van der Waals surface area contributed by atoms with Gasteiger partial charge in [0.15, 0.2) is 6.61 Å². The number of hydrogen-bond donors (Lipinski definition) is 1. The van der Waals surface area contributed by atoms with Crippen molar-refractivity contribution < 1.29 is 27.8 Å².